The summed E-state index contributed by atoms with van der Waals surface area (Å²) in [6.07, 6.45) is 1.05. The molecule has 1 rings (SSSR count). The molecule has 12 heavy (non-hydrogen) atoms. The summed E-state index contributed by atoms with van der Waals surface area (Å²) in [4.78, 5) is 0. The quantitative estimate of drug-likeness (QED) is 0.672. The fourth-order valence-electron chi connectivity index (χ4n) is 1.31. The molecule has 0 bridgehead atoms. The van der Waals surface area contributed by atoms with E-state index in [0.29, 0.717) is 6.54 Å². The van der Waals surface area contributed by atoms with Gasteiger partial charge >= 0.3 is 0 Å². The molecule has 0 aromatic heterocycles. The summed E-state index contributed by atoms with van der Waals surface area (Å²) in [5, 5.41) is 8.50. The number of hydroxylamine groups is 1. The molecule has 0 radical (unpaired) electrons. The highest BCUT2D eigenvalue weighted by molar-refractivity contribution is 5.30. The molecule has 66 valence electrons. The molecular weight excluding hydrogens is 150 g/mol. The Morgan fingerprint density at radius 2 is 2.17 bits per heavy atom. The minimum atomic E-state index is 0.521. The maximum atomic E-state index is 8.50. The first-order valence-corrected chi connectivity index (χ1v) is 4.23. The third-order valence-electron chi connectivity index (χ3n) is 2.08. The molecule has 1 aromatic carbocycles. The van der Waals surface area contributed by atoms with Crippen molar-refractivity contribution in [3.05, 3.63) is 34.9 Å². The molecule has 2 nitrogen and oxygen atoms in total. The minimum Gasteiger partial charge on any atom is -0.316 e. The maximum Gasteiger partial charge on any atom is 0.0458 e. The molecular formula is C10H15NO. The summed E-state index contributed by atoms with van der Waals surface area (Å²) < 4.78 is 0. The van der Waals surface area contributed by atoms with Crippen molar-refractivity contribution in [3.63, 3.8) is 0 Å². The van der Waals surface area contributed by atoms with Gasteiger partial charge in [-0.05, 0) is 30.0 Å². The molecule has 0 amide bonds. The van der Waals surface area contributed by atoms with Gasteiger partial charge in [0.25, 0.3) is 0 Å². The van der Waals surface area contributed by atoms with E-state index < -0.39 is 0 Å². The molecule has 2 N–H and O–H groups in total. The van der Waals surface area contributed by atoms with Gasteiger partial charge in [-0.1, -0.05) is 25.1 Å². The van der Waals surface area contributed by atoms with Crippen molar-refractivity contribution < 1.29 is 5.21 Å². The van der Waals surface area contributed by atoms with Crippen LogP contribution in [0.2, 0.25) is 0 Å². The van der Waals surface area contributed by atoms with Crippen LogP contribution in [0, 0.1) is 6.92 Å². The Bertz CT molecular complexity index is 258. The van der Waals surface area contributed by atoms with Gasteiger partial charge in [0.05, 0.1) is 0 Å². The summed E-state index contributed by atoms with van der Waals surface area (Å²) in [5.41, 5.74) is 5.95. The monoisotopic (exact) mass is 165 g/mol. The summed E-state index contributed by atoms with van der Waals surface area (Å²) in [6.45, 7) is 4.76. The van der Waals surface area contributed by atoms with E-state index in [1.165, 1.54) is 11.1 Å². The molecule has 1 aromatic rings. The Kier molecular flexibility index (Phi) is 3.26. The standard InChI is InChI=1S/C10H15NO/c1-3-10-6-9(7-11-12)5-4-8(10)2/h4-6,11-12H,3,7H2,1-2H3. The van der Waals surface area contributed by atoms with Crippen LogP contribution < -0.4 is 5.48 Å². The molecule has 0 aliphatic carbocycles. The van der Waals surface area contributed by atoms with E-state index in [-0.39, 0.29) is 0 Å². The van der Waals surface area contributed by atoms with Crippen LogP contribution in [0.1, 0.15) is 23.6 Å². The van der Waals surface area contributed by atoms with Crippen LogP contribution in [0.3, 0.4) is 0 Å². The topological polar surface area (TPSA) is 32.3 Å². The van der Waals surface area contributed by atoms with E-state index >= 15 is 0 Å². The van der Waals surface area contributed by atoms with Gasteiger partial charge < -0.3 is 5.21 Å². The number of rotatable bonds is 3. The van der Waals surface area contributed by atoms with E-state index in [1.54, 1.807) is 0 Å². The average molecular weight is 165 g/mol. The van der Waals surface area contributed by atoms with Gasteiger partial charge in [0, 0.05) is 6.54 Å². The van der Waals surface area contributed by atoms with Gasteiger partial charge in [-0.25, -0.2) is 5.48 Å². The Morgan fingerprint density at radius 1 is 1.42 bits per heavy atom. The SMILES string of the molecule is CCc1cc(CNO)ccc1C. The summed E-state index contributed by atoms with van der Waals surface area (Å²) >= 11 is 0. The highest BCUT2D eigenvalue weighted by Gasteiger charge is 1.97. The molecule has 0 saturated heterocycles. The van der Waals surface area contributed by atoms with Gasteiger partial charge in [0.2, 0.25) is 0 Å². The second-order valence-electron chi connectivity index (χ2n) is 2.95. The number of hydrogen-bond acceptors (Lipinski definition) is 2. The molecule has 0 saturated carbocycles. The van der Waals surface area contributed by atoms with Gasteiger partial charge in [0.1, 0.15) is 0 Å². The summed E-state index contributed by atoms with van der Waals surface area (Å²) in [7, 11) is 0. The minimum absolute atomic E-state index is 0.521. The van der Waals surface area contributed by atoms with Crippen molar-refractivity contribution in [2.75, 3.05) is 0 Å². The Balaban J connectivity index is 2.89. The van der Waals surface area contributed by atoms with E-state index in [4.69, 9.17) is 5.21 Å². The fraction of sp³-hybridized carbons (Fsp3) is 0.400. The van der Waals surface area contributed by atoms with E-state index in [2.05, 4.69) is 31.5 Å². The third-order valence-corrected chi connectivity index (χ3v) is 2.08. The van der Waals surface area contributed by atoms with E-state index in [9.17, 15) is 0 Å². The molecule has 0 aliphatic rings. The normalized spacial score (nSPS) is 10.2. The van der Waals surface area contributed by atoms with Crippen molar-refractivity contribution in [1.29, 1.82) is 0 Å². The zero-order valence-electron chi connectivity index (χ0n) is 7.59. The highest BCUT2D eigenvalue weighted by atomic mass is 16.5. The fourth-order valence-corrected chi connectivity index (χ4v) is 1.31. The van der Waals surface area contributed by atoms with E-state index in [0.717, 1.165) is 12.0 Å². The van der Waals surface area contributed by atoms with Crippen LogP contribution in [-0.2, 0) is 13.0 Å². The van der Waals surface area contributed by atoms with Gasteiger partial charge in [-0.2, -0.15) is 0 Å². The van der Waals surface area contributed by atoms with Crippen molar-refractivity contribution in [2.24, 2.45) is 0 Å². The van der Waals surface area contributed by atoms with Crippen LogP contribution in [0.5, 0.6) is 0 Å². The third kappa shape index (κ3) is 2.06. The molecule has 2 heteroatoms. The molecule has 0 atom stereocenters. The average Bonchev–Trinajstić information content (AvgIpc) is 2.09. The van der Waals surface area contributed by atoms with E-state index in [1.807, 2.05) is 6.07 Å². The lowest BCUT2D eigenvalue weighted by Crippen LogP contribution is -2.06. The smallest absolute Gasteiger partial charge is 0.0458 e. The lowest BCUT2D eigenvalue weighted by atomic mass is 10.0. The Hall–Kier alpha value is -0.860. The highest BCUT2D eigenvalue weighted by Crippen LogP contribution is 2.11. The summed E-state index contributed by atoms with van der Waals surface area (Å²) in [6, 6.07) is 6.24. The van der Waals surface area contributed by atoms with Gasteiger partial charge in [0.15, 0.2) is 0 Å². The zero-order valence-corrected chi connectivity index (χ0v) is 7.59. The first-order valence-electron chi connectivity index (χ1n) is 4.23. The number of nitrogens with one attached hydrogen (secondary N) is 1. The van der Waals surface area contributed by atoms with Crippen LogP contribution in [0.25, 0.3) is 0 Å². The molecule has 0 unspecified atom stereocenters. The van der Waals surface area contributed by atoms with Crippen molar-refractivity contribution >= 4 is 0 Å². The number of hydrogen-bond donors (Lipinski definition) is 2. The van der Waals surface area contributed by atoms with Gasteiger partial charge in [-0.3, -0.25) is 0 Å². The first-order chi connectivity index (χ1) is 5.77. The Labute approximate surface area is 73.2 Å². The Morgan fingerprint density at radius 3 is 2.75 bits per heavy atom. The van der Waals surface area contributed by atoms with Crippen molar-refractivity contribution in [1.82, 2.24) is 5.48 Å². The van der Waals surface area contributed by atoms with Crippen LogP contribution in [0.15, 0.2) is 18.2 Å². The lowest BCUT2D eigenvalue weighted by molar-refractivity contribution is 0.161. The maximum absolute atomic E-state index is 8.50. The number of benzene rings is 1. The lowest BCUT2D eigenvalue weighted by Gasteiger charge is -2.05. The van der Waals surface area contributed by atoms with Crippen molar-refractivity contribution in [2.45, 2.75) is 26.8 Å². The number of aryl methyl sites for hydroxylation is 2. The molecule has 0 fully saturated rings. The van der Waals surface area contributed by atoms with Crippen LogP contribution >= 0.6 is 0 Å². The molecule has 0 spiro atoms. The molecule has 0 aliphatic heterocycles. The second-order valence-corrected chi connectivity index (χ2v) is 2.95. The summed E-state index contributed by atoms with van der Waals surface area (Å²) in [5.74, 6) is 0. The largest absolute Gasteiger partial charge is 0.316 e. The molecule has 0 heterocycles. The predicted molar refractivity (Wildman–Crippen MR) is 49.2 cm³/mol. The zero-order chi connectivity index (χ0) is 8.97. The second kappa shape index (κ2) is 4.24. The van der Waals surface area contributed by atoms with Crippen LogP contribution in [0.4, 0.5) is 0 Å². The van der Waals surface area contributed by atoms with Crippen LogP contribution in [-0.4, -0.2) is 5.21 Å². The van der Waals surface area contributed by atoms with Crippen molar-refractivity contribution in [3.8, 4) is 0 Å². The van der Waals surface area contributed by atoms with Gasteiger partial charge in [-0.15, -0.1) is 0 Å². The first kappa shape index (κ1) is 9.23. The predicted octanol–water partition coefficient (Wildman–Crippen LogP) is 2.04.